The number of carbonyl (C=O) groups is 1. The highest BCUT2D eigenvalue weighted by molar-refractivity contribution is 7.91. The third-order valence-corrected chi connectivity index (χ3v) is 6.27. The van der Waals surface area contributed by atoms with Crippen LogP contribution in [0, 0.1) is 5.92 Å². The zero-order valence-electron chi connectivity index (χ0n) is 12.6. The average Bonchev–Trinajstić information content (AvgIpc) is 2.50. The lowest BCUT2D eigenvalue weighted by Gasteiger charge is -2.28. The first kappa shape index (κ1) is 16.2. The van der Waals surface area contributed by atoms with Crippen LogP contribution >= 0.6 is 0 Å². The minimum atomic E-state index is -2.91. The van der Waals surface area contributed by atoms with Crippen molar-refractivity contribution in [2.45, 2.75) is 44.9 Å². The fraction of sp³-hybridized carbons (Fsp3) is 0.588. The molecule has 1 aromatic carbocycles. The van der Waals surface area contributed by atoms with Crippen molar-refractivity contribution in [1.29, 1.82) is 0 Å². The molecule has 2 atom stereocenters. The van der Waals surface area contributed by atoms with Gasteiger partial charge < -0.3 is 0 Å². The van der Waals surface area contributed by atoms with E-state index in [0.29, 0.717) is 31.0 Å². The summed E-state index contributed by atoms with van der Waals surface area (Å²) in [6.07, 6.45) is 3.74. The lowest BCUT2D eigenvalue weighted by Crippen LogP contribution is -2.24. The molecular weight excluding hydrogens is 284 g/mol. The van der Waals surface area contributed by atoms with E-state index in [1.54, 1.807) is 6.92 Å². The van der Waals surface area contributed by atoms with E-state index < -0.39 is 9.84 Å². The Morgan fingerprint density at radius 1 is 1.19 bits per heavy atom. The van der Waals surface area contributed by atoms with Crippen molar-refractivity contribution in [3.63, 3.8) is 0 Å². The minimum Gasteiger partial charge on any atom is -0.299 e. The summed E-state index contributed by atoms with van der Waals surface area (Å²) in [5, 5.41) is 0. The molecule has 4 heteroatoms. The standard InChI is InChI=1S/C17H24O3S/c1-2-21(19,20)12-6-9-16-13-15(10-11-17(16)18)14-7-4-3-5-8-14/h3-5,7-8,15-16H,2,6,9-13H2,1H3. The van der Waals surface area contributed by atoms with E-state index in [4.69, 9.17) is 0 Å². The molecule has 0 N–H and O–H groups in total. The number of hydrogen-bond acceptors (Lipinski definition) is 3. The molecule has 0 heterocycles. The fourth-order valence-corrected chi connectivity index (χ4v) is 4.01. The Hall–Kier alpha value is -1.16. The zero-order chi connectivity index (χ0) is 15.3. The number of ketones is 1. The second kappa shape index (κ2) is 7.21. The smallest absolute Gasteiger partial charge is 0.150 e. The minimum absolute atomic E-state index is 0.0380. The molecule has 21 heavy (non-hydrogen) atoms. The number of rotatable bonds is 6. The summed E-state index contributed by atoms with van der Waals surface area (Å²) in [5.41, 5.74) is 1.30. The van der Waals surface area contributed by atoms with Crippen LogP contribution in [0.15, 0.2) is 30.3 Å². The summed E-state index contributed by atoms with van der Waals surface area (Å²) in [6.45, 7) is 1.67. The van der Waals surface area contributed by atoms with Gasteiger partial charge in [-0.25, -0.2) is 8.42 Å². The maximum Gasteiger partial charge on any atom is 0.150 e. The maximum atomic E-state index is 12.0. The van der Waals surface area contributed by atoms with Crippen LogP contribution in [-0.4, -0.2) is 25.7 Å². The summed E-state index contributed by atoms with van der Waals surface area (Å²) in [5.74, 6) is 1.20. The highest BCUT2D eigenvalue weighted by Gasteiger charge is 2.29. The van der Waals surface area contributed by atoms with E-state index in [9.17, 15) is 13.2 Å². The number of hydrogen-bond donors (Lipinski definition) is 0. The van der Waals surface area contributed by atoms with Gasteiger partial charge in [-0.1, -0.05) is 37.3 Å². The van der Waals surface area contributed by atoms with Gasteiger partial charge in [0.05, 0.1) is 5.75 Å². The van der Waals surface area contributed by atoms with E-state index in [0.717, 1.165) is 12.8 Å². The third-order valence-electron chi connectivity index (χ3n) is 4.48. The summed E-state index contributed by atoms with van der Waals surface area (Å²) in [7, 11) is -2.91. The van der Waals surface area contributed by atoms with Gasteiger partial charge >= 0.3 is 0 Å². The molecule has 1 aromatic rings. The summed E-state index contributed by atoms with van der Waals surface area (Å²) < 4.78 is 23.0. The SMILES string of the molecule is CCS(=O)(=O)CCCC1CC(c2ccccc2)CCC1=O. The molecule has 0 bridgehead atoms. The number of carbonyl (C=O) groups excluding carboxylic acids is 1. The highest BCUT2D eigenvalue weighted by Crippen LogP contribution is 2.36. The molecule has 1 aliphatic rings. The molecule has 0 amide bonds. The first-order chi connectivity index (χ1) is 10.0. The summed E-state index contributed by atoms with van der Waals surface area (Å²) in [4.78, 5) is 12.0. The molecule has 0 aliphatic heterocycles. The number of benzene rings is 1. The second-order valence-corrected chi connectivity index (χ2v) is 8.40. The molecule has 0 radical (unpaired) electrons. The maximum absolute atomic E-state index is 12.0. The Morgan fingerprint density at radius 3 is 2.57 bits per heavy atom. The Balaban J connectivity index is 1.91. The lowest BCUT2D eigenvalue weighted by molar-refractivity contribution is -0.125. The number of Topliss-reactive ketones (excluding diaryl/α,β-unsaturated/α-hetero) is 1. The molecule has 1 saturated carbocycles. The van der Waals surface area contributed by atoms with E-state index in [2.05, 4.69) is 12.1 Å². The Morgan fingerprint density at radius 2 is 1.90 bits per heavy atom. The van der Waals surface area contributed by atoms with Crippen LogP contribution in [0.1, 0.15) is 50.5 Å². The van der Waals surface area contributed by atoms with Crippen molar-refractivity contribution in [2.24, 2.45) is 5.92 Å². The highest BCUT2D eigenvalue weighted by atomic mass is 32.2. The zero-order valence-corrected chi connectivity index (χ0v) is 13.4. The van der Waals surface area contributed by atoms with Gasteiger partial charge in [0.1, 0.15) is 15.6 Å². The van der Waals surface area contributed by atoms with E-state index in [1.807, 2.05) is 18.2 Å². The van der Waals surface area contributed by atoms with Gasteiger partial charge in [-0.3, -0.25) is 4.79 Å². The molecule has 1 fully saturated rings. The monoisotopic (exact) mass is 308 g/mol. The molecule has 1 aliphatic carbocycles. The van der Waals surface area contributed by atoms with Crippen molar-refractivity contribution in [3.8, 4) is 0 Å². The van der Waals surface area contributed by atoms with E-state index >= 15 is 0 Å². The Labute approximate surface area is 127 Å². The predicted octanol–water partition coefficient (Wildman–Crippen LogP) is 3.35. The first-order valence-corrected chi connectivity index (χ1v) is 9.62. The predicted molar refractivity (Wildman–Crippen MR) is 85.1 cm³/mol. The fourth-order valence-electron chi connectivity index (χ4n) is 3.11. The van der Waals surface area contributed by atoms with Gasteiger partial charge in [-0.05, 0) is 37.2 Å². The molecule has 0 spiro atoms. The normalized spacial score (nSPS) is 23.2. The third kappa shape index (κ3) is 4.67. The van der Waals surface area contributed by atoms with Crippen molar-refractivity contribution in [1.82, 2.24) is 0 Å². The largest absolute Gasteiger partial charge is 0.299 e. The number of sulfone groups is 1. The van der Waals surface area contributed by atoms with Crippen LogP contribution in [0.25, 0.3) is 0 Å². The molecule has 2 rings (SSSR count). The van der Waals surface area contributed by atoms with Crippen LogP contribution in [-0.2, 0) is 14.6 Å². The molecule has 3 nitrogen and oxygen atoms in total. The molecule has 116 valence electrons. The van der Waals surface area contributed by atoms with Crippen molar-refractivity contribution in [2.75, 3.05) is 11.5 Å². The first-order valence-electron chi connectivity index (χ1n) is 7.80. The van der Waals surface area contributed by atoms with Gasteiger partial charge in [0.25, 0.3) is 0 Å². The van der Waals surface area contributed by atoms with Crippen LogP contribution in [0.3, 0.4) is 0 Å². The Kier molecular flexibility index (Phi) is 5.57. The van der Waals surface area contributed by atoms with E-state index in [1.165, 1.54) is 5.56 Å². The van der Waals surface area contributed by atoms with Crippen LogP contribution in [0.5, 0.6) is 0 Å². The topological polar surface area (TPSA) is 51.2 Å². The van der Waals surface area contributed by atoms with Gasteiger partial charge in [0.2, 0.25) is 0 Å². The quantitative estimate of drug-likeness (QED) is 0.809. The van der Waals surface area contributed by atoms with E-state index in [-0.39, 0.29) is 17.4 Å². The van der Waals surface area contributed by atoms with Crippen LogP contribution in [0.4, 0.5) is 0 Å². The Bertz CT molecular complexity index is 563. The average molecular weight is 308 g/mol. The van der Waals surface area contributed by atoms with Crippen molar-refractivity contribution in [3.05, 3.63) is 35.9 Å². The molecule has 0 aromatic heterocycles. The van der Waals surface area contributed by atoms with Crippen LogP contribution in [0.2, 0.25) is 0 Å². The second-order valence-electron chi connectivity index (χ2n) is 5.92. The van der Waals surface area contributed by atoms with Crippen molar-refractivity contribution >= 4 is 15.6 Å². The lowest BCUT2D eigenvalue weighted by atomic mass is 9.76. The van der Waals surface area contributed by atoms with Gasteiger partial charge in [0, 0.05) is 18.1 Å². The molecule has 2 unspecified atom stereocenters. The van der Waals surface area contributed by atoms with Crippen LogP contribution < -0.4 is 0 Å². The summed E-state index contributed by atoms with van der Waals surface area (Å²) >= 11 is 0. The van der Waals surface area contributed by atoms with Crippen molar-refractivity contribution < 1.29 is 13.2 Å². The molecular formula is C17H24O3S. The van der Waals surface area contributed by atoms with Gasteiger partial charge in [-0.15, -0.1) is 0 Å². The summed E-state index contributed by atoms with van der Waals surface area (Å²) in [6, 6.07) is 10.3. The van der Waals surface area contributed by atoms with Gasteiger partial charge in [-0.2, -0.15) is 0 Å². The molecule has 0 saturated heterocycles. The van der Waals surface area contributed by atoms with Gasteiger partial charge in [0.15, 0.2) is 0 Å².